The van der Waals surface area contributed by atoms with Gasteiger partial charge < -0.3 is 44.8 Å². The van der Waals surface area contributed by atoms with E-state index in [1.54, 1.807) is 21.0 Å². The Labute approximate surface area is 422 Å². The number of anilines is 3. The summed E-state index contributed by atoms with van der Waals surface area (Å²) in [5.74, 6) is 0.982. The van der Waals surface area contributed by atoms with Crippen molar-refractivity contribution in [3.63, 3.8) is 0 Å². The van der Waals surface area contributed by atoms with Crippen LogP contribution in [-0.4, -0.2) is 61.3 Å². The normalized spacial score (nSPS) is 16.8. The number of Topliss-reactive ketones (excluding diaryl/α,β-unsaturated/α-hetero) is 1. The van der Waals surface area contributed by atoms with E-state index in [-0.39, 0.29) is 42.9 Å². The maximum Gasteiger partial charge on any atom is 0.246 e. The molecule has 4 aliphatic heterocycles. The van der Waals surface area contributed by atoms with Crippen LogP contribution in [0, 0.1) is 5.92 Å². The molecule has 4 aliphatic rings. The number of ketones is 1. The zero-order valence-corrected chi connectivity index (χ0v) is 41.8. The zero-order valence-electron chi connectivity index (χ0n) is 41.8. The molecule has 13 heteroatoms. The van der Waals surface area contributed by atoms with Crippen molar-refractivity contribution < 1.29 is 28.6 Å². The van der Waals surface area contributed by atoms with E-state index in [9.17, 15) is 14.4 Å². The van der Waals surface area contributed by atoms with Gasteiger partial charge in [-0.3, -0.25) is 19.6 Å². The van der Waals surface area contributed by atoms with Gasteiger partial charge in [-0.1, -0.05) is 70.0 Å². The molecule has 3 N–H and O–H groups in total. The van der Waals surface area contributed by atoms with Crippen LogP contribution < -0.4 is 40.0 Å². The summed E-state index contributed by atoms with van der Waals surface area (Å²) in [4.78, 5) is 53.3. The molecular formula is C59H63N7O6. The van der Waals surface area contributed by atoms with Crippen LogP contribution in [0.5, 0.6) is 17.2 Å². The first-order valence-corrected chi connectivity index (χ1v) is 24.7. The van der Waals surface area contributed by atoms with E-state index in [1.165, 1.54) is 11.1 Å². The van der Waals surface area contributed by atoms with Crippen LogP contribution in [0.3, 0.4) is 0 Å². The van der Waals surface area contributed by atoms with Crippen LogP contribution in [0.15, 0.2) is 132 Å². The van der Waals surface area contributed by atoms with E-state index < -0.39 is 18.0 Å². The number of carbonyl (C=O) groups excluding carboxylic acids is 3. The second-order valence-electron chi connectivity index (χ2n) is 19.4. The van der Waals surface area contributed by atoms with Gasteiger partial charge in [-0.2, -0.15) is 0 Å². The third-order valence-electron chi connectivity index (χ3n) is 13.7. The molecule has 0 radical (unpaired) electrons. The van der Waals surface area contributed by atoms with Crippen molar-refractivity contribution in [3.8, 4) is 17.2 Å². The first-order chi connectivity index (χ1) is 34.7. The molecule has 0 aliphatic carbocycles. The van der Waals surface area contributed by atoms with Crippen LogP contribution in [0.4, 0.5) is 28.4 Å². The summed E-state index contributed by atoms with van der Waals surface area (Å²) in [6, 6.07) is 30.7. The minimum absolute atomic E-state index is 0.0365. The summed E-state index contributed by atoms with van der Waals surface area (Å²) in [7, 11) is 1.61. The number of hydrogen-bond acceptors (Lipinski definition) is 11. The summed E-state index contributed by atoms with van der Waals surface area (Å²) in [6.45, 7) is 20.5. The Kier molecular flexibility index (Phi) is 14.4. The van der Waals surface area contributed by atoms with Crippen LogP contribution in [-0.2, 0) is 40.4 Å². The van der Waals surface area contributed by atoms with Gasteiger partial charge in [0.15, 0.2) is 11.5 Å². The molecule has 13 nitrogen and oxygen atoms in total. The highest BCUT2D eigenvalue weighted by atomic mass is 16.5. The summed E-state index contributed by atoms with van der Waals surface area (Å²) < 4.78 is 18.9. The molecule has 4 heterocycles. The summed E-state index contributed by atoms with van der Waals surface area (Å²) in [5.41, 5.74) is 12.5. The molecule has 5 aromatic rings. The van der Waals surface area contributed by atoms with Crippen molar-refractivity contribution in [2.45, 2.75) is 104 Å². The number of carbonyl (C=O) groups is 3. The zero-order chi connectivity index (χ0) is 50.6. The Bertz CT molecular complexity index is 3030. The number of fused-ring (bicyclic) bond motifs is 8. The molecule has 5 aromatic carbocycles. The Morgan fingerprint density at radius 2 is 1.29 bits per heavy atom. The molecule has 0 bridgehead atoms. The molecule has 72 heavy (non-hydrogen) atoms. The SMILES string of the molecule is C=C(CCCCC(C)=O)NC(C(=O)NC(C)C(=O)Nc1cc(COc2ccc3c(c2)N=C[C@@H]2Cc4ccccc4N2C3=C)cc(COc2cc3c(cc2OC)C(=C)N2c4ccccc4CC2C=N3)c1)C(C)C. The van der Waals surface area contributed by atoms with Gasteiger partial charge in [-0.25, -0.2) is 0 Å². The molecule has 0 saturated carbocycles. The van der Waals surface area contributed by atoms with E-state index in [0.29, 0.717) is 41.5 Å². The number of aliphatic imine (C=N–C) groups is 2. The van der Waals surface area contributed by atoms with E-state index in [1.807, 2.05) is 86.9 Å². The van der Waals surface area contributed by atoms with Gasteiger partial charge in [0.05, 0.1) is 30.6 Å². The number of amides is 2. The summed E-state index contributed by atoms with van der Waals surface area (Å²) in [5, 5.41) is 9.19. The number of ether oxygens (including phenoxy) is 3. The Morgan fingerprint density at radius 3 is 1.92 bits per heavy atom. The highest BCUT2D eigenvalue weighted by Crippen LogP contribution is 2.46. The average Bonchev–Trinajstić information content (AvgIpc) is 3.86. The van der Waals surface area contributed by atoms with Gasteiger partial charge in [0.1, 0.15) is 36.8 Å². The second-order valence-corrected chi connectivity index (χ2v) is 19.4. The number of nitrogens with zero attached hydrogens (tertiary/aromatic N) is 4. The highest BCUT2D eigenvalue weighted by molar-refractivity contribution is 5.99. The van der Waals surface area contributed by atoms with Crippen LogP contribution in [0.2, 0.25) is 0 Å². The van der Waals surface area contributed by atoms with Crippen LogP contribution in [0.1, 0.15) is 86.8 Å². The number of unbranched alkanes of at least 4 members (excludes halogenated alkanes) is 1. The van der Waals surface area contributed by atoms with Gasteiger partial charge in [0, 0.05) is 89.1 Å². The fourth-order valence-electron chi connectivity index (χ4n) is 9.95. The van der Waals surface area contributed by atoms with Crippen molar-refractivity contribution in [3.05, 3.63) is 156 Å². The lowest BCUT2D eigenvalue weighted by atomic mass is 10.0. The highest BCUT2D eigenvalue weighted by Gasteiger charge is 2.35. The molecule has 9 rings (SSSR count). The van der Waals surface area contributed by atoms with Gasteiger partial charge >= 0.3 is 0 Å². The van der Waals surface area contributed by atoms with Crippen molar-refractivity contribution in [2.75, 3.05) is 22.2 Å². The number of rotatable bonds is 19. The topological polar surface area (TPSA) is 146 Å². The molecule has 2 amide bonds. The van der Waals surface area contributed by atoms with Crippen LogP contribution in [0.25, 0.3) is 11.4 Å². The number of nitrogens with one attached hydrogen (secondary N) is 3. The molecule has 0 spiro atoms. The average molecular weight is 966 g/mol. The lowest BCUT2D eigenvalue weighted by molar-refractivity contribution is -0.128. The Balaban J connectivity index is 0.929. The maximum absolute atomic E-state index is 13.9. The molecule has 3 unspecified atom stereocenters. The first-order valence-electron chi connectivity index (χ1n) is 24.7. The predicted octanol–water partition coefficient (Wildman–Crippen LogP) is 10.8. The number of hydrogen-bond donors (Lipinski definition) is 3. The standard InChI is InChI=1S/C59H63N7O6/c1-35(2)57(62-36(3)15-9-10-16-37(4)67)59(69)63-38(5)58(68)64-45-24-41(33-71-48-21-22-49-39(6)65-46(31-60-51(49)28-48)26-43-17-11-13-19-53(43)65)23-42(25-45)34-72-56-30-52-50(29-55(56)70-8)40(7)66-47(32-61-52)27-44-18-12-14-20-54(44)66/h11-14,17-25,28-32,35,38,46-47,57,62H,3,6-7,9-10,15-16,26-27,33-34H2,1-2,4-5,8H3,(H,63,69)(H,64,68)/t38?,46-,47?,57?/m0/s1. The lowest BCUT2D eigenvalue weighted by Gasteiger charge is -2.26. The molecule has 0 aromatic heterocycles. The quantitative estimate of drug-likeness (QED) is 0.0688. The van der Waals surface area contributed by atoms with Crippen molar-refractivity contribution in [2.24, 2.45) is 15.9 Å². The van der Waals surface area contributed by atoms with E-state index in [4.69, 9.17) is 24.2 Å². The summed E-state index contributed by atoms with van der Waals surface area (Å²) >= 11 is 0. The number of allylic oxidation sites excluding steroid dienone is 1. The molecule has 0 saturated heterocycles. The van der Waals surface area contributed by atoms with E-state index in [2.05, 4.69) is 81.9 Å². The maximum atomic E-state index is 13.9. The number of methoxy groups -OCH3 is 1. The van der Waals surface area contributed by atoms with E-state index >= 15 is 0 Å². The van der Waals surface area contributed by atoms with Crippen molar-refractivity contribution >= 4 is 69.9 Å². The monoisotopic (exact) mass is 965 g/mol. The minimum atomic E-state index is -0.883. The molecule has 370 valence electrons. The first kappa shape index (κ1) is 49.1. The van der Waals surface area contributed by atoms with E-state index in [0.717, 1.165) is 82.1 Å². The van der Waals surface area contributed by atoms with Crippen LogP contribution >= 0.6 is 0 Å². The van der Waals surface area contributed by atoms with Gasteiger partial charge in [0.25, 0.3) is 0 Å². The number of benzene rings is 5. The molecular weight excluding hydrogens is 903 g/mol. The molecule has 4 atom stereocenters. The third-order valence-corrected chi connectivity index (χ3v) is 13.7. The van der Waals surface area contributed by atoms with Gasteiger partial charge in [-0.15, -0.1) is 0 Å². The fraction of sp³-hybridized carbons (Fsp3) is 0.305. The van der Waals surface area contributed by atoms with Crippen molar-refractivity contribution in [1.82, 2.24) is 10.6 Å². The largest absolute Gasteiger partial charge is 0.493 e. The Morgan fingerprint density at radius 1 is 0.694 bits per heavy atom. The van der Waals surface area contributed by atoms with Gasteiger partial charge in [0.2, 0.25) is 11.8 Å². The third kappa shape index (κ3) is 10.6. The number of para-hydroxylation sites is 2. The minimum Gasteiger partial charge on any atom is -0.493 e. The predicted molar refractivity (Wildman–Crippen MR) is 288 cm³/mol. The second kappa shape index (κ2) is 21.2. The smallest absolute Gasteiger partial charge is 0.246 e. The fourth-order valence-corrected chi connectivity index (χ4v) is 9.95. The summed E-state index contributed by atoms with van der Waals surface area (Å²) in [6.07, 6.45) is 8.33. The van der Waals surface area contributed by atoms with Gasteiger partial charge in [-0.05, 0) is 110 Å². The van der Waals surface area contributed by atoms with Crippen molar-refractivity contribution in [1.29, 1.82) is 0 Å². The molecule has 0 fully saturated rings. The Hall–Kier alpha value is -7.93. The lowest BCUT2D eigenvalue weighted by Crippen LogP contribution is -2.52.